The highest BCUT2D eigenvalue weighted by Gasteiger charge is 2.36. The minimum Gasteiger partial charge on any atom is -0.310 e. The van der Waals surface area contributed by atoms with Crippen LogP contribution in [-0.4, -0.2) is 9.13 Å². The van der Waals surface area contributed by atoms with Crippen molar-refractivity contribution in [1.82, 2.24) is 9.13 Å². The zero-order valence-corrected chi connectivity index (χ0v) is 40.2. The normalized spacial score (nSPS) is 12.7. The van der Waals surface area contributed by atoms with E-state index in [2.05, 4.69) is 289 Å². The smallest absolute Gasteiger partial charge is 0.0547 e. The fraction of sp³-hybridized carbons (Fsp3) is 0.0435. The van der Waals surface area contributed by atoms with Gasteiger partial charge in [0, 0.05) is 55.4 Å². The lowest BCUT2D eigenvalue weighted by molar-refractivity contribution is 0.660. The number of hydrogen-bond donors (Lipinski definition) is 0. The number of benzene rings is 11. The predicted molar refractivity (Wildman–Crippen MR) is 304 cm³/mol. The maximum Gasteiger partial charge on any atom is 0.0547 e. The van der Waals surface area contributed by atoms with Crippen molar-refractivity contribution in [2.24, 2.45) is 0 Å². The van der Waals surface area contributed by atoms with Crippen LogP contribution in [0.25, 0.3) is 99.5 Å². The molecule has 0 unspecified atom stereocenters. The van der Waals surface area contributed by atoms with Crippen molar-refractivity contribution < 1.29 is 0 Å². The van der Waals surface area contributed by atoms with Crippen molar-refractivity contribution in [2.75, 3.05) is 4.90 Å². The summed E-state index contributed by atoms with van der Waals surface area (Å²) in [5, 5.41) is 5.05. The molecule has 0 saturated carbocycles. The molecule has 0 fully saturated rings. The van der Waals surface area contributed by atoms with E-state index in [1.165, 1.54) is 105 Å². The Bertz CT molecular complexity index is 4140. The van der Waals surface area contributed by atoms with Crippen molar-refractivity contribution in [3.63, 3.8) is 0 Å². The molecule has 13 aromatic rings. The molecule has 2 aromatic heterocycles. The van der Waals surface area contributed by atoms with E-state index in [0.29, 0.717) is 0 Å². The van der Waals surface area contributed by atoms with Gasteiger partial charge in [0.2, 0.25) is 0 Å². The van der Waals surface area contributed by atoms with Gasteiger partial charge in [-0.25, -0.2) is 0 Å². The average molecular weight is 920 g/mol. The molecule has 0 atom stereocenters. The molecule has 0 spiro atoms. The van der Waals surface area contributed by atoms with Crippen LogP contribution in [0.3, 0.4) is 0 Å². The van der Waals surface area contributed by atoms with Crippen molar-refractivity contribution in [1.29, 1.82) is 0 Å². The van der Waals surface area contributed by atoms with Crippen LogP contribution < -0.4 is 4.90 Å². The fourth-order valence-electron chi connectivity index (χ4n) is 11.7. The van der Waals surface area contributed by atoms with Crippen LogP contribution in [-0.2, 0) is 5.41 Å². The zero-order chi connectivity index (χ0) is 47.9. The van der Waals surface area contributed by atoms with Gasteiger partial charge >= 0.3 is 0 Å². The number of nitrogens with zero attached hydrogens (tertiary/aromatic N) is 3. The summed E-state index contributed by atoms with van der Waals surface area (Å²) < 4.78 is 4.80. The highest BCUT2D eigenvalue weighted by molar-refractivity contribution is 6.11. The number of hydrogen-bond acceptors (Lipinski definition) is 1. The van der Waals surface area contributed by atoms with E-state index in [4.69, 9.17) is 0 Å². The van der Waals surface area contributed by atoms with Gasteiger partial charge in [-0.05, 0) is 147 Å². The van der Waals surface area contributed by atoms with Gasteiger partial charge in [-0.3, -0.25) is 0 Å². The monoisotopic (exact) mass is 919 g/mol. The topological polar surface area (TPSA) is 13.1 Å². The molecule has 11 aromatic carbocycles. The maximum atomic E-state index is 2.45. The van der Waals surface area contributed by atoms with E-state index in [-0.39, 0.29) is 5.41 Å². The van der Waals surface area contributed by atoms with Gasteiger partial charge in [0.25, 0.3) is 0 Å². The Morgan fingerprint density at radius 2 is 0.653 bits per heavy atom. The van der Waals surface area contributed by atoms with Crippen LogP contribution in [0.5, 0.6) is 0 Å². The molecule has 2 heterocycles. The zero-order valence-electron chi connectivity index (χ0n) is 40.2. The van der Waals surface area contributed by atoms with Crippen LogP contribution >= 0.6 is 0 Å². The quantitative estimate of drug-likeness (QED) is 0.148. The number of para-hydroxylation sites is 4. The second-order valence-corrected chi connectivity index (χ2v) is 19.7. The maximum absolute atomic E-state index is 2.45. The summed E-state index contributed by atoms with van der Waals surface area (Å²) in [7, 11) is 0. The second kappa shape index (κ2) is 16.5. The molecule has 72 heavy (non-hydrogen) atoms. The van der Waals surface area contributed by atoms with Gasteiger partial charge < -0.3 is 14.0 Å². The Morgan fingerprint density at radius 1 is 0.278 bits per heavy atom. The van der Waals surface area contributed by atoms with Crippen molar-refractivity contribution in [2.45, 2.75) is 19.3 Å². The average Bonchev–Trinajstić information content (AvgIpc) is 4.04. The summed E-state index contributed by atoms with van der Waals surface area (Å²) in [6.07, 6.45) is 0. The third kappa shape index (κ3) is 6.66. The Kier molecular flexibility index (Phi) is 9.56. The van der Waals surface area contributed by atoms with Crippen LogP contribution in [0, 0.1) is 0 Å². The van der Waals surface area contributed by atoms with E-state index in [1.54, 1.807) is 0 Å². The predicted octanol–water partition coefficient (Wildman–Crippen LogP) is 18.7. The van der Waals surface area contributed by atoms with E-state index in [0.717, 1.165) is 22.7 Å². The number of aromatic nitrogens is 2. The summed E-state index contributed by atoms with van der Waals surface area (Å²) in [6, 6.07) is 95.8. The minimum atomic E-state index is -0.248. The molecule has 0 N–H and O–H groups in total. The summed E-state index contributed by atoms with van der Waals surface area (Å²) >= 11 is 0. The van der Waals surface area contributed by atoms with E-state index < -0.39 is 0 Å². The lowest BCUT2D eigenvalue weighted by atomic mass is 9.81. The van der Waals surface area contributed by atoms with Crippen molar-refractivity contribution in [3.05, 3.63) is 272 Å². The number of rotatable bonds is 8. The van der Waals surface area contributed by atoms with Crippen molar-refractivity contribution in [3.8, 4) is 55.9 Å². The second-order valence-electron chi connectivity index (χ2n) is 19.7. The Morgan fingerprint density at radius 3 is 1.24 bits per heavy atom. The highest BCUT2D eigenvalue weighted by atomic mass is 15.1. The van der Waals surface area contributed by atoms with Gasteiger partial charge in [-0.2, -0.15) is 0 Å². The Hall–Kier alpha value is -9.18. The third-order valence-electron chi connectivity index (χ3n) is 15.3. The molecule has 0 radical (unpaired) electrons. The molecule has 3 nitrogen and oxygen atoms in total. The van der Waals surface area contributed by atoms with E-state index >= 15 is 0 Å². The molecule has 340 valence electrons. The van der Waals surface area contributed by atoms with Crippen LogP contribution in [0.2, 0.25) is 0 Å². The summed E-state index contributed by atoms with van der Waals surface area (Å²) in [4.78, 5) is 2.42. The first kappa shape index (κ1) is 41.8. The SMILES string of the molecule is CC1(C)c2cc(-c3ccc4c5ccccc5n(-c5ccccc5)c4c3)ccc2-c2ccc(N(c3ccc(-c4ccc(-c5ccccc5)cc4)cc3)c3ccc(-n4c5ccccc5c5ccccc54)cc3)cc21. The molecule has 0 bridgehead atoms. The molecule has 14 rings (SSSR count). The van der Waals surface area contributed by atoms with Gasteiger partial charge in [-0.1, -0.05) is 184 Å². The van der Waals surface area contributed by atoms with Gasteiger partial charge in [-0.15, -0.1) is 0 Å². The molecular weight excluding hydrogens is 871 g/mol. The fourth-order valence-corrected chi connectivity index (χ4v) is 11.7. The van der Waals surface area contributed by atoms with Crippen LogP contribution in [0.1, 0.15) is 25.0 Å². The highest BCUT2D eigenvalue weighted by Crippen LogP contribution is 2.52. The van der Waals surface area contributed by atoms with E-state index in [1.807, 2.05) is 0 Å². The van der Waals surface area contributed by atoms with Gasteiger partial charge in [0.15, 0.2) is 0 Å². The molecule has 1 aliphatic carbocycles. The van der Waals surface area contributed by atoms with Crippen molar-refractivity contribution >= 4 is 60.7 Å². The first-order valence-corrected chi connectivity index (χ1v) is 25.0. The molecule has 0 aliphatic heterocycles. The summed E-state index contributed by atoms with van der Waals surface area (Å²) in [5.41, 5.74) is 22.7. The van der Waals surface area contributed by atoms with Crippen LogP contribution in [0.15, 0.2) is 261 Å². The van der Waals surface area contributed by atoms with Crippen LogP contribution in [0.4, 0.5) is 17.1 Å². The summed E-state index contributed by atoms with van der Waals surface area (Å²) in [6.45, 7) is 4.79. The van der Waals surface area contributed by atoms with Gasteiger partial charge in [0.05, 0.1) is 22.1 Å². The Balaban J connectivity index is 0.851. The lowest BCUT2D eigenvalue weighted by Gasteiger charge is -2.28. The minimum absolute atomic E-state index is 0.248. The van der Waals surface area contributed by atoms with Gasteiger partial charge in [0.1, 0.15) is 0 Å². The molecular formula is C69H49N3. The van der Waals surface area contributed by atoms with E-state index in [9.17, 15) is 0 Å². The molecule has 1 aliphatic rings. The first-order valence-electron chi connectivity index (χ1n) is 25.0. The number of anilines is 3. The molecule has 0 amide bonds. The third-order valence-corrected chi connectivity index (χ3v) is 15.3. The first-order chi connectivity index (χ1) is 35.5. The standard InChI is InChI=1S/C69H49N3/c1-69(2)63-43-50(51-32-41-62-61-21-11-14-24-67(61)72(68(62)44-51)52-17-7-4-8-18-52)31-40-57(63)58-42-39-56(45-64(58)69)70(53-33-29-49(30-34-53)48-27-25-47(26-28-48)46-15-5-3-6-16-46)54-35-37-55(38-36-54)71-65-22-12-9-19-59(65)60-20-10-13-23-66(60)71/h3-45H,1-2H3. The molecule has 0 saturated heterocycles. The number of fused-ring (bicyclic) bond motifs is 9. The lowest BCUT2D eigenvalue weighted by Crippen LogP contribution is -2.16. The largest absolute Gasteiger partial charge is 0.310 e. The summed E-state index contributed by atoms with van der Waals surface area (Å²) in [5.74, 6) is 0. The Labute approximate surface area is 419 Å². The molecule has 3 heteroatoms.